The lowest BCUT2D eigenvalue weighted by Gasteiger charge is -2.21. The molecule has 1 unspecified atom stereocenters. The van der Waals surface area contributed by atoms with Gasteiger partial charge in [0.1, 0.15) is 0 Å². The third-order valence-corrected chi connectivity index (χ3v) is 5.19. The molecule has 2 aromatic carbocycles. The summed E-state index contributed by atoms with van der Waals surface area (Å²) >= 11 is 0. The molecule has 2 rings (SSSR count). The Morgan fingerprint density at radius 2 is 1.59 bits per heavy atom. The van der Waals surface area contributed by atoms with Gasteiger partial charge >= 0.3 is 0 Å². The molecule has 0 fully saturated rings. The number of rotatable bonds is 12. The Labute approximate surface area is 191 Å². The molecule has 0 bridgehead atoms. The van der Waals surface area contributed by atoms with E-state index in [1.54, 1.807) is 12.1 Å². The maximum atomic E-state index is 12.4. The van der Waals surface area contributed by atoms with Gasteiger partial charge in [-0.25, -0.2) is 0 Å². The Bertz CT molecular complexity index is 877. The minimum Gasteiger partial charge on any atom is -0.350 e. The van der Waals surface area contributed by atoms with Crippen molar-refractivity contribution >= 4 is 23.4 Å². The van der Waals surface area contributed by atoms with Crippen LogP contribution in [0, 0.1) is 0 Å². The number of anilines is 1. The lowest BCUT2D eigenvalue weighted by atomic mass is 10.1. The molecule has 0 aromatic heterocycles. The van der Waals surface area contributed by atoms with Crippen LogP contribution in [0.5, 0.6) is 0 Å². The second-order valence-corrected chi connectivity index (χ2v) is 7.97. The summed E-state index contributed by atoms with van der Waals surface area (Å²) < 4.78 is 0. The molecule has 0 spiro atoms. The predicted molar refractivity (Wildman–Crippen MR) is 128 cm³/mol. The fourth-order valence-electron chi connectivity index (χ4n) is 3.53. The van der Waals surface area contributed by atoms with E-state index in [-0.39, 0.29) is 23.8 Å². The van der Waals surface area contributed by atoms with E-state index >= 15 is 0 Å². The van der Waals surface area contributed by atoms with Crippen LogP contribution in [-0.4, -0.2) is 35.7 Å². The van der Waals surface area contributed by atoms with Crippen LogP contribution in [-0.2, 0) is 9.59 Å². The van der Waals surface area contributed by atoms with Gasteiger partial charge in [-0.05, 0) is 56.0 Å². The van der Waals surface area contributed by atoms with E-state index in [2.05, 4.69) is 24.5 Å². The standard InChI is InChI=1S/C26H35N3O3/c1-4-17-29(18-5-2)25(31)16-10-15-24(30)27-20(3)22-13-9-14-23(19-22)28-26(32)21-11-7-6-8-12-21/h6-9,11-14,19-20H,4-5,10,15-18H2,1-3H3,(H,27,30)(H,28,32). The summed E-state index contributed by atoms with van der Waals surface area (Å²) in [5.41, 5.74) is 2.16. The van der Waals surface area contributed by atoms with Crippen LogP contribution >= 0.6 is 0 Å². The summed E-state index contributed by atoms with van der Waals surface area (Å²) in [5, 5.41) is 5.88. The zero-order valence-corrected chi connectivity index (χ0v) is 19.4. The first-order chi connectivity index (χ1) is 15.4. The first-order valence-corrected chi connectivity index (χ1v) is 11.5. The van der Waals surface area contributed by atoms with Crippen molar-refractivity contribution in [1.29, 1.82) is 0 Å². The molecule has 32 heavy (non-hydrogen) atoms. The molecule has 0 radical (unpaired) electrons. The number of benzene rings is 2. The topological polar surface area (TPSA) is 78.5 Å². The molecule has 2 N–H and O–H groups in total. The molecule has 0 aliphatic heterocycles. The molecule has 0 saturated carbocycles. The number of amides is 3. The van der Waals surface area contributed by atoms with E-state index in [1.807, 2.05) is 54.3 Å². The number of carbonyl (C=O) groups is 3. The molecule has 172 valence electrons. The maximum Gasteiger partial charge on any atom is 0.255 e. The Morgan fingerprint density at radius 3 is 2.25 bits per heavy atom. The Hall–Kier alpha value is -3.15. The van der Waals surface area contributed by atoms with Crippen molar-refractivity contribution in [3.8, 4) is 0 Å². The lowest BCUT2D eigenvalue weighted by Crippen LogP contribution is -2.32. The molecule has 3 amide bonds. The summed E-state index contributed by atoms with van der Waals surface area (Å²) in [6, 6.07) is 16.3. The second-order valence-electron chi connectivity index (χ2n) is 7.97. The molecular weight excluding hydrogens is 402 g/mol. The number of hydrogen-bond donors (Lipinski definition) is 2. The number of carbonyl (C=O) groups excluding carboxylic acids is 3. The minimum atomic E-state index is -0.205. The number of nitrogens with zero attached hydrogens (tertiary/aromatic N) is 1. The molecule has 1 atom stereocenters. The smallest absolute Gasteiger partial charge is 0.255 e. The fourth-order valence-corrected chi connectivity index (χ4v) is 3.53. The van der Waals surface area contributed by atoms with Crippen molar-refractivity contribution in [2.24, 2.45) is 0 Å². The summed E-state index contributed by atoms with van der Waals surface area (Å²) in [7, 11) is 0. The summed E-state index contributed by atoms with van der Waals surface area (Å²) in [4.78, 5) is 39.0. The van der Waals surface area contributed by atoms with Crippen molar-refractivity contribution in [2.75, 3.05) is 18.4 Å². The zero-order chi connectivity index (χ0) is 23.3. The monoisotopic (exact) mass is 437 g/mol. The van der Waals surface area contributed by atoms with Crippen molar-refractivity contribution in [3.05, 3.63) is 65.7 Å². The quantitative estimate of drug-likeness (QED) is 0.494. The summed E-state index contributed by atoms with van der Waals surface area (Å²) in [6.45, 7) is 7.57. The van der Waals surface area contributed by atoms with Gasteiger partial charge in [-0.3, -0.25) is 14.4 Å². The van der Waals surface area contributed by atoms with Crippen molar-refractivity contribution in [1.82, 2.24) is 10.2 Å². The van der Waals surface area contributed by atoms with Gasteiger partial charge in [0.05, 0.1) is 6.04 Å². The largest absolute Gasteiger partial charge is 0.350 e. The van der Waals surface area contributed by atoms with Crippen molar-refractivity contribution < 1.29 is 14.4 Å². The predicted octanol–water partition coefficient (Wildman–Crippen LogP) is 4.94. The van der Waals surface area contributed by atoms with Gasteiger partial charge in [0.25, 0.3) is 5.91 Å². The Morgan fingerprint density at radius 1 is 0.906 bits per heavy atom. The Kier molecular flexibility index (Phi) is 10.4. The number of nitrogens with one attached hydrogen (secondary N) is 2. The van der Waals surface area contributed by atoms with Crippen LogP contribution in [0.3, 0.4) is 0 Å². The normalized spacial score (nSPS) is 11.5. The lowest BCUT2D eigenvalue weighted by molar-refractivity contribution is -0.131. The average molecular weight is 438 g/mol. The highest BCUT2D eigenvalue weighted by atomic mass is 16.2. The van der Waals surface area contributed by atoms with E-state index in [0.29, 0.717) is 30.5 Å². The average Bonchev–Trinajstić information content (AvgIpc) is 2.79. The van der Waals surface area contributed by atoms with E-state index in [1.165, 1.54) is 0 Å². The first-order valence-electron chi connectivity index (χ1n) is 11.5. The van der Waals surface area contributed by atoms with Crippen LogP contribution in [0.4, 0.5) is 5.69 Å². The number of hydrogen-bond acceptors (Lipinski definition) is 3. The van der Waals surface area contributed by atoms with Gasteiger partial charge in [-0.15, -0.1) is 0 Å². The SMILES string of the molecule is CCCN(CCC)C(=O)CCCC(=O)NC(C)c1cccc(NC(=O)c2ccccc2)c1. The van der Waals surface area contributed by atoms with Crippen LogP contribution in [0.1, 0.15) is 74.8 Å². The molecule has 6 heteroatoms. The second kappa shape index (κ2) is 13.3. The molecule has 0 aliphatic rings. The van der Waals surface area contributed by atoms with Gasteiger partial charge in [0.15, 0.2) is 0 Å². The molecule has 0 aliphatic carbocycles. The first kappa shape index (κ1) is 25.1. The van der Waals surface area contributed by atoms with E-state index in [4.69, 9.17) is 0 Å². The third kappa shape index (κ3) is 8.17. The highest BCUT2D eigenvalue weighted by Crippen LogP contribution is 2.18. The molecule has 2 aromatic rings. The summed E-state index contributed by atoms with van der Waals surface area (Å²) in [5.74, 6) is -0.137. The maximum absolute atomic E-state index is 12.4. The fraction of sp³-hybridized carbons (Fsp3) is 0.423. The van der Waals surface area contributed by atoms with Gasteiger partial charge in [-0.2, -0.15) is 0 Å². The van der Waals surface area contributed by atoms with Crippen LogP contribution < -0.4 is 10.6 Å². The molecule has 0 heterocycles. The van der Waals surface area contributed by atoms with Crippen LogP contribution in [0.15, 0.2) is 54.6 Å². The Balaban J connectivity index is 1.83. The van der Waals surface area contributed by atoms with Gasteiger partial charge in [0.2, 0.25) is 11.8 Å². The zero-order valence-electron chi connectivity index (χ0n) is 19.4. The highest BCUT2D eigenvalue weighted by Gasteiger charge is 2.14. The molecule has 6 nitrogen and oxygen atoms in total. The van der Waals surface area contributed by atoms with E-state index in [9.17, 15) is 14.4 Å². The minimum absolute atomic E-state index is 0.0819. The molecule has 0 saturated heterocycles. The third-order valence-electron chi connectivity index (χ3n) is 5.19. The van der Waals surface area contributed by atoms with Gasteiger partial charge < -0.3 is 15.5 Å². The van der Waals surface area contributed by atoms with Crippen LogP contribution in [0.25, 0.3) is 0 Å². The summed E-state index contributed by atoms with van der Waals surface area (Å²) in [6.07, 6.45) is 3.12. The van der Waals surface area contributed by atoms with Gasteiger partial charge in [-0.1, -0.05) is 44.2 Å². The van der Waals surface area contributed by atoms with Crippen molar-refractivity contribution in [2.45, 2.75) is 58.9 Å². The van der Waals surface area contributed by atoms with E-state index in [0.717, 1.165) is 31.5 Å². The van der Waals surface area contributed by atoms with E-state index < -0.39 is 0 Å². The molecular formula is C26H35N3O3. The van der Waals surface area contributed by atoms with Gasteiger partial charge in [0, 0.05) is 37.2 Å². The van der Waals surface area contributed by atoms with Crippen molar-refractivity contribution in [3.63, 3.8) is 0 Å². The van der Waals surface area contributed by atoms with Crippen LogP contribution in [0.2, 0.25) is 0 Å². The highest BCUT2D eigenvalue weighted by molar-refractivity contribution is 6.04.